The molecule has 1 heterocycles. The molecular weight excluding hydrogens is 243 g/mol. The standard InChI is InChI=1S/C7H8Cl2N2O.CO2/c1-2-12-7-6(9)5(8)4(10)3-11-7;2-1-3/h3H,2,10H2,1H3;. The van der Waals surface area contributed by atoms with Gasteiger partial charge in [0, 0.05) is 0 Å². The number of nitrogens with two attached hydrogens (primary N) is 1. The number of carbonyl (C=O) groups excluding carboxylic acids is 2. The van der Waals surface area contributed by atoms with Crippen LogP contribution in [0.5, 0.6) is 5.88 Å². The van der Waals surface area contributed by atoms with Crippen LogP contribution >= 0.6 is 23.2 Å². The fraction of sp³-hybridized carbons (Fsp3) is 0.250. The molecular formula is C8H8Cl2N2O3. The Hall–Kier alpha value is -1.29. The zero-order valence-electron chi connectivity index (χ0n) is 7.79. The lowest BCUT2D eigenvalue weighted by molar-refractivity contribution is -0.191. The summed E-state index contributed by atoms with van der Waals surface area (Å²) in [6.45, 7) is 2.33. The van der Waals surface area contributed by atoms with Crippen LogP contribution < -0.4 is 10.5 Å². The summed E-state index contributed by atoms with van der Waals surface area (Å²) in [5, 5.41) is 0.550. The summed E-state index contributed by atoms with van der Waals surface area (Å²) >= 11 is 11.5. The first kappa shape index (κ1) is 13.7. The molecule has 0 aliphatic heterocycles. The lowest BCUT2D eigenvalue weighted by atomic mass is 10.4. The van der Waals surface area contributed by atoms with Crippen LogP contribution in [0.4, 0.5) is 5.69 Å². The Labute approximate surface area is 96.1 Å². The van der Waals surface area contributed by atoms with Crippen molar-refractivity contribution in [3.05, 3.63) is 16.2 Å². The number of ether oxygens (including phenoxy) is 1. The summed E-state index contributed by atoms with van der Waals surface area (Å²) in [5.74, 6) is 0.318. The number of aromatic nitrogens is 1. The second-order valence-corrected chi connectivity index (χ2v) is 2.92. The molecule has 0 bridgehead atoms. The van der Waals surface area contributed by atoms with Gasteiger partial charge in [0.2, 0.25) is 5.88 Å². The van der Waals surface area contributed by atoms with E-state index >= 15 is 0 Å². The Morgan fingerprint density at radius 3 is 2.47 bits per heavy atom. The first-order valence-electron chi connectivity index (χ1n) is 3.80. The maximum absolute atomic E-state index is 8.12. The molecule has 0 unspecified atom stereocenters. The van der Waals surface area contributed by atoms with Crippen LogP contribution in [0.3, 0.4) is 0 Å². The highest BCUT2D eigenvalue weighted by Crippen LogP contribution is 2.33. The minimum absolute atomic E-state index is 0.250. The SMILES string of the molecule is CCOc1ncc(N)c(Cl)c1Cl.O=C=O. The minimum atomic E-state index is 0.250. The van der Waals surface area contributed by atoms with Gasteiger partial charge < -0.3 is 10.5 Å². The van der Waals surface area contributed by atoms with E-state index in [1.807, 2.05) is 6.92 Å². The molecule has 1 rings (SSSR count). The van der Waals surface area contributed by atoms with E-state index in [0.29, 0.717) is 18.2 Å². The van der Waals surface area contributed by atoms with Gasteiger partial charge in [-0.1, -0.05) is 23.2 Å². The highest BCUT2D eigenvalue weighted by molar-refractivity contribution is 6.44. The lowest BCUT2D eigenvalue weighted by Crippen LogP contribution is -1.97. The normalized spacial score (nSPS) is 8.47. The van der Waals surface area contributed by atoms with E-state index in [2.05, 4.69) is 4.98 Å². The van der Waals surface area contributed by atoms with E-state index in [1.165, 1.54) is 6.20 Å². The minimum Gasteiger partial charge on any atom is -0.477 e. The van der Waals surface area contributed by atoms with Crippen molar-refractivity contribution in [2.24, 2.45) is 0 Å². The van der Waals surface area contributed by atoms with Crippen molar-refractivity contribution in [3.63, 3.8) is 0 Å². The van der Waals surface area contributed by atoms with Crippen LogP contribution in [0.1, 0.15) is 6.92 Å². The molecule has 0 radical (unpaired) electrons. The van der Waals surface area contributed by atoms with Gasteiger partial charge in [-0.05, 0) is 6.92 Å². The van der Waals surface area contributed by atoms with E-state index < -0.39 is 0 Å². The highest BCUT2D eigenvalue weighted by atomic mass is 35.5. The Balaban J connectivity index is 0.000000583. The topological polar surface area (TPSA) is 82.3 Å². The Kier molecular flexibility index (Phi) is 6.45. The van der Waals surface area contributed by atoms with E-state index in [4.69, 9.17) is 43.3 Å². The molecule has 0 atom stereocenters. The number of hydrogen-bond acceptors (Lipinski definition) is 5. The smallest absolute Gasteiger partial charge is 0.373 e. The number of nitrogen functional groups attached to an aromatic ring is 1. The largest absolute Gasteiger partial charge is 0.477 e. The molecule has 0 aliphatic rings. The van der Waals surface area contributed by atoms with Crippen LogP contribution in [0, 0.1) is 0 Å². The molecule has 0 saturated carbocycles. The molecule has 0 spiro atoms. The van der Waals surface area contributed by atoms with Gasteiger partial charge in [-0.15, -0.1) is 0 Å². The second-order valence-electron chi connectivity index (χ2n) is 2.16. The third-order valence-electron chi connectivity index (χ3n) is 1.24. The van der Waals surface area contributed by atoms with Crippen molar-refractivity contribution in [2.75, 3.05) is 12.3 Å². The van der Waals surface area contributed by atoms with Crippen molar-refractivity contribution in [3.8, 4) is 5.88 Å². The van der Waals surface area contributed by atoms with E-state index in [1.54, 1.807) is 0 Å². The van der Waals surface area contributed by atoms with Crippen LogP contribution in [0.25, 0.3) is 0 Å². The lowest BCUT2D eigenvalue weighted by Gasteiger charge is -2.06. The molecule has 82 valence electrons. The predicted molar refractivity (Wildman–Crippen MR) is 54.8 cm³/mol. The van der Waals surface area contributed by atoms with Gasteiger partial charge in [-0.25, -0.2) is 4.98 Å². The fourth-order valence-electron chi connectivity index (χ4n) is 0.699. The van der Waals surface area contributed by atoms with Crippen LogP contribution in [0.15, 0.2) is 6.20 Å². The quantitative estimate of drug-likeness (QED) is 0.866. The maximum Gasteiger partial charge on any atom is 0.373 e. The summed E-state index contributed by atoms with van der Waals surface area (Å²) in [4.78, 5) is 20.1. The van der Waals surface area contributed by atoms with Crippen molar-refractivity contribution >= 4 is 35.0 Å². The zero-order valence-corrected chi connectivity index (χ0v) is 9.30. The monoisotopic (exact) mass is 250 g/mol. The number of halogens is 2. The fourth-order valence-corrected chi connectivity index (χ4v) is 1.04. The van der Waals surface area contributed by atoms with Crippen molar-refractivity contribution in [2.45, 2.75) is 6.92 Å². The van der Waals surface area contributed by atoms with Gasteiger partial charge >= 0.3 is 6.15 Å². The molecule has 1 aromatic rings. The average Bonchev–Trinajstić information content (AvgIpc) is 2.21. The maximum atomic E-state index is 8.12. The van der Waals surface area contributed by atoms with Crippen LogP contribution in [-0.4, -0.2) is 17.7 Å². The van der Waals surface area contributed by atoms with Crippen molar-refractivity contribution in [1.82, 2.24) is 4.98 Å². The van der Waals surface area contributed by atoms with E-state index in [9.17, 15) is 0 Å². The Morgan fingerprint density at radius 1 is 1.47 bits per heavy atom. The summed E-state index contributed by atoms with van der Waals surface area (Å²) < 4.78 is 5.09. The molecule has 7 heteroatoms. The van der Waals surface area contributed by atoms with Gasteiger partial charge in [0.1, 0.15) is 5.02 Å². The Bertz CT molecular complexity index is 365. The van der Waals surface area contributed by atoms with Gasteiger partial charge in [0.05, 0.1) is 23.5 Å². The van der Waals surface area contributed by atoms with Gasteiger partial charge in [0.25, 0.3) is 0 Å². The first-order chi connectivity index (χ1) is 7.08. The molecule has 0 saturated heterocycles. The molecule has 0 aliphatic carbocycles. The van der Waals surface area contributed by atoms with Crippen molar-refractivity contribution in [1.29, 1.82) is 0 Å². The third kappa shape index (κ3) is 4.16. The first-order valence-corrected chi connectivity index (χ1v) is 4.55. The number of rotatable bonds is 2. The van der Waals surface area contributed by atoms with Gasteiger partial charge in [-0.3, -0.25) is 0 Å². The van der Waals surface area contributed by atoms with Crippen molar-refractivity contribution < 1.29 is 14.3 Å². The number of hydrogen-bond donors (Lipinski definition) is 1. The van der Waals surface area contributed by atoms with Crippen LogP contribution in [0.2, 0.25) is 10.0 Å². The summed E-state index contributed by atoms with van der Waals surface area (Å²) in [6, 6.07) is 0. The molecule has 0 fully saturated rings. The van der Waals surface area contributed by atoms with Crippen LogP contribution in [-0.2, 0) is 9.59 Å². The summed E-state index contributed by atoms with van der Waals surface area (Å²) in [5.41, 5.74) is 5.80. The van der Waals surface area contributed by atoms with E-state index in [0.717, 1.165) is 0 Å². The number of anilines is 1. The Morgan fingerprint density at radius 2 is 2.00 bits per heavy atom. The molecule has 0 amide bonds. The molecule has 1 aromatic heterocycles. The van der Waals surface area contributed by atoms with Gasteiger partial charge in [-0.2, -0.15) is 9.59 Å². The average molecular weight is 251 g/mol. The molecule has 15 heavy (non-hydrogen) atoms. The number of pyridine rings is 1. The molecule has 2 N–H and O–H groups in total. The molecule has 5 nitrogen and oxygen atoms in total. The highest BCUT2D eigenvalue weighted by Gasteiger charge is 2.09. The van der Waals surface area contributed by atoms with E-state index in [-0.39, 0.29) is 16.2 Å². The summed E-state index contributed by atoms with van der Waals surface area (Å²) in [6.07, 6.45) is 1.67. The second kappa shape index (κ2) is 7.06. The van der Waals surface area contributed by atoms with Gasteiger partial charge in [0.15, 0.2) is 0 Å². The molecule has 0 aromatic carbocycles. The zero-order chi connectivity index (χ0) is 11.8. The predicted octanol–water partition coefficient (Wildman–Crippen LogP) is 1.79. The summed E-state index contributed by atoms with van der Waals surface area (Å²) in [7, 11) is 0. The third-order valence-corrected chi connectivity index (χ3v) is 2.09. The number of nitrogens with zero attached hydrogens (tertiary/aromatic N) is 1.